The Morgan fingerprint density at radius 3 is 2.37 bits per heavy atom. The van der Waals surface area contributed by atoms with Crippen molar-refractivity contribution in [3.8, 4) is 0 Å². The molecule has 1 aromatic rings. The van der Waals surface area contributed by atoms with Gasteiger partial charge < -0.3 is 15.3 Å². The van der Waals surface area contributed by atoms with Crippen LogP contribution in [0.1, 0.15) is 25.0 Å². The summed E-state index contributed by atoms with van der Waals surface area (Å²) in [6.07, 6.45) is 0.458. The van der Waals surface area contributed by atoms with E-state index in [0.717, 1.165) is 16.8 Å². The van der Waals surface area contributed by atoms with Crippen LogP contribution in [0.2, 0.25) is 0 Å². The van der Waals surface area contributed by atoms with Crippen LogP contribution < -0.4 is 5.73 Å². The first-order chi connectivity index (χ1) is 9.02. The number of ether oxygens (including phenoxy) is 1. The Morgan fingerprint density at radius 2 is 1.84 bits per heavy atom. The summed E-state index contributed by atoms with van der Waals surface area (Å²) in [4.78, 5) is 16.4. The van der Waals surface area contributed by atoms with Gasteiger partial charge in [0.2, 0.25) is 0 Å². The number of nitrogens with two attached hydrogens (primary N) is 1. The minimum atomic E-state index is -0.626. The van der Waals surface area contributed by atoms with Gasteiger partial charge in [0.1, 0.15) is 12.6 Å². The number of carbonyl (C=O) groups is 1. The SMILES string of the molecule is COC(=O)[C@@H](N)Cc1ccc(CON=C(C)C)cc1. The first-order valence-electron chi connectivity index (χ1n) is 6.07. The maximum absolute atomic E-state index is 11.2. The third-order valence-corrected chi connectivity index (χ3v) is 2.46. The molecule has 0 saturated heterocycles. The number of methoxy groups -OCH3 is 1. The van der Waals surface area contributed by atoms with Crippen LogP contribution in [0.15, 0.2) is 29.4 Å². The van der Waals surface area contributed by atoms with Crippen LogP contribution in [0.5, 0.6) is 0 Å². The van der Waals surface area contributed by atoms with E-state index in [9.17, 15) is 4.79 Å². The van der Waals surface area contributed by atoms with Gasteiger partial charge in [-0.25, -0.2) is 0 Å². The molecule has 0 fully saturated rings. The molecule has 0 amide bonds. The largest absolute Gasteiger partial charge is 0.468 e. The van der Waals surface area contributed by atoms with Crippen LogP contribution in [-0.4, -0.2) is 24.8 Å². The van der Waals surface area contributed by atoms with Crippen molar-refractivity contribution in [2.45, 2.75) is 32.9 Å². The predicted octanol–water partition coefficient (Wildman–Crippen LogP) is 1.64. The summed E-state index contributed by atoms with van der Waals surface area (Å²) in [7, 11) is 1.33. The predicted molar refractivity (Wildman–Crippen MR) is 73.7 cm³/mol. The topological polar surface area (TPSA) is 73.9 Å². The highest BCUT2D eigenvalue weighted by molar-refractivity contribution is 5.78. The molecular weight excluding hydrogens is 244 g/mol. The zero-order chi connectivity index (χ0) is 14.3. The van der Waals surface area contributed by atoms with Crippen LogP contribution in [0.4, 0.5) is 0 Å². The van der Waals surface area contributed by atoms with E-state index in [-0.39, 0.29) is 0 Å². The number of rotatable bonds is 6. The molecule has 0 aliphatic heterocycles. The van der Waals surface area contributed by atoms with E-state index in [2.05, 4.69) is 9.89 Å². The van der Waals surface area contributed by atoms with E-state index in [1.54, 1.807) is 0 Å². The number of benzene rings is 1. The number of nitrogens with zero attached hydrogens (tertiary/aromatic N) is 1. The van der Waals surface area contributed by atoms with Gasteiger partial charge in [0, 0.05) is 0 Å². The average molecular weight is 264 g/mol. The van der Waals surface area contributed by atoms with Crippen LogP contribution in [0, 0.1) is 0 Å². The second kappa shape index (κ2) is 7.53. The monoisotopic (exact) mass is 264 g/mol. The summed E-state index contributed by atoms with van der Waals surface area (Å²) in [5.41, 5.74) is 8.57. The lowest BCUT2D eigenvalue weighted by Gasteiger charge is -2.09. The summed E-state index contributed by atoms with van der Waals surface area (Å²) in [6, 6.07) is 7.08. The van der Waals surface area contributed by atoms with Gasteiger partial charge in [0.25, 0.3) is 0 Å². The molecule has 0 radical (unpaired) electrons. The van der Waals surface area contributed by atoms with Gasteiger partial charge in [-0.05, 0) is 31.4 Å². The lowest BCUT2D eigenvalue weighted by Crippen LogP contribution is -2.33. The fourth-order valence-corrected chi connectivity index (χ4v) is 1.50. The number of carbonyl (C=O) groups excluding carboxylic acids is 1. The quantitative estimate of drug-likeness (QED) is 0.481. The Morgan fingerprint density at radius 1 is 1.26 bits per heavy atom. The van der Waals surface area contributed by atoms with Crippen molar-refractivity contribution in [1.82, 2.24) is 0 Å². The fraction of sp³-hybridized carbons (Fsp3) is 0.429. The molecule has 5 heteroatoms. The minimum absolute atomic E-state index is 0.403. The van der Waals surface area contributed by atoms with Crippen molar-refractivity contribution >= 4 is 11.7 Å². The molecule has 1 aromatic carbocycles. The number of hydrogen-bond donors (Lipinski definition) is 1. The van der Waals surface area contributed by atoms with E-state index >= 15 is 0 Å². The van der Waals surface area contributed by atoms with Gasteiger partial charge in [0.15, 0.2) is 0 Å². The van der Waals surface area contributed by atoms with Crippen LogP contribution in [0.3, 0.4) is 0 Å². The van der Waals surface area contributed by atoms with Gasteiger partial charge in [-0.15, -0.1) is 0 Å². The Kier molecular flexibility index (Phi) is 6.02. The zero-order valence-corrected chi connectivity index (χ0v) is 11.6. The van der Waals surface area contributed by atoms with Crippen molar-refractivity contribution in [2.75, 3.05) is 7.11 Å². The lowest BCUT2D eigenvalue weighted by atomic mass is 10.1. The van der Waals surface area contributed by atoms with Crippen molar-refractivity contribution in [3.63, 3.8) is 0 Å². The van der Waals surface area contributed by atoms with E-state index in [4.69, 9.17) is 10.6 Å². The number of oxime groups is 1. The zero-order valence-electron chi connectivity index (χ0n) is 11.6. The Bertz CT molecular complexity index is 437. The molecule has 5 nitrogen and oxygen atoms in total. The van der Waals surface area contributed by atoms with E-state index in [1.807, 2.05) is 38.1 Å². The summed E-state index contributed by atoms with van der Waals surface area (Å²) < 4.78 is 4.58. The molecule has 104 valence electrons. The van der Waals surface area contributed by atoms with Gasteiger partial charge in [0.05, 0.1) is 12.8 Å². The third-order valence-electron chi connectivity index (χ3n) is 2.46. The van der Waals surface area contributed by atoms with Crippen molar-refractivity contribution < 1.29 is 14.4 Å². The van der Waals surface area contributed by atoms with Gasteiger partial charge in [-0.2, -0.15) is 0 Å². The molecule has 1 atom stereocenters. The summed E-state index contributed by atoms with van der Waals surface area (Å²) in [6.45, 7) is 4.17. The van der Waals surface area contributed by atoms with Crippen LogP contribution in [-0.2, 0) is 27.4 Å². The molecule has 0 saturated carbocycles. The lowest BCUT2D eigenvalue weighted by molar-refractivity contribution is -0.142. The third kappa shape index (κ3) is 5.52. The molecular formula is C14H20N2O3. The first-order valence-corrected chi connectivity index (χ1v) is 6.07. The second-order valence-corrected chi connectivity index (χ2v) is 4.46. The molecule has 0 aliphatic carbocycles. The highest BCUT2D eigenvalue weighted by Crippen LogP contribution is 2.08. The molecule has 0 unspecified atom stereocenters. The molecule has 0 heterocycles. The van der Waals surface area contributed by atoms with Gasteiger partial charge in [-0.3, -0.25) is 4.79 Å². The van der Waals surface area contributed by atoms with Crippen LogP contribution in [0.25, 0.3) is 0 Å². The average Bonchev–Trinajstić information content (AvgIpc) is 2.39. The molecule has 0 spiro atoms. The molecule has 0 aromatic heterocycles. The molecule has 1 rings (SSSR count). The Balaban J connectivity index is 2.52. The minimum Gasteiger partial charge on any atom is -0.468 e. The maximum Gasteiger partial charge on any atom is 0.322 e. The fourth-order valence-electron chi connectivity index (χ4n) is 1.50. The van der Waals surface area contributed by atoms with Crippen molar-refractivity contribution in [1.29, 1.82) is 0 Å². The standard InChI is InChI=1S/C14H20N2O3/c1-10(2)16-19-9-12-6-4-11(5-7-12)8-13(15)14(17)18-3/h4-7,13H,8-9,15H2,1-3H3/t13-/m0/s1. The molecule has 0 aliphatic rings. The molecule has 19 heavy (non-hydrogen) atoms. The highest BCUT2D eigenvalue weighted by atomic mass is 16.6. The maximum atomic E-state index is 11.2. The van der Waals surface area contributed by atoms with Gasteiger partial charge >= 0.3 is 5.97 Å². The molecule has 0 bridgehead atoms. The second-order valence-electron chi connectivity index (χ2n) is 4.46. The van der Waals surface area contributed by atoms with E-state index < -0.39 is 12.0 Å². The number of esters is 1. The van der Waals surface area contributed by atoms with E-state index in [1.165, 1.54) is 7.11 Å². The Labute approximate surface area is 113 Å². The van der Waals surface area contributed by atoms with Crippen molar-refractivity contribution in [3.05, 3.63) is 35.4 Å². The normalized spacial score (nSPS) is 11.6. The summed E-state index contributed by atoms with van der Waals surface area (Å²) in [5, 5.41) is 3.86. The smallest absolute Gasteiger partial charge is 0.322 e. The van der Waals surface area contributed by atoms with Gasteiger partial charge in [-0.1, -0.05) is 29.4 Å². The van der Waals surface area contributed by atoms with Crippen LogP contribution >= 0.6 is 0 Å². The van der Waals surface area contributed by atoms with E-state index in [0.29, 0.717) is 13.0 Å². The highest BCUT2D eigenvalue weighted by Gasteiger charge is 2.13. The van der Waals surface area contributed by atoms with Crippen molar-refractivity contribution in [2.24, 2.45) is 10.9 Å². The summed E-state index contributed by atoms with van der Waals surface area (Å²) in [5.74, 6) is -0.403. The Hall–Kier alpha value is -1.88. The number of hydrogen-bond acceptors (Lipinski definition) is 5. The summed E-state index contributed by atoms with van der Waals surface area (Å²) >= 11 is 0. The molecule has 2 N–H and O–H groups in total. The first kappa shape index (κ1) is 15.2.